The molecule has 2 aromatic rings. The summed E-state index contributed by atoms with van der Waals surface area (Å²) in [6, 6.07) is 9.72. The molecular formula is C11H11NO. The van der Waals surface area contributed by atoms with Crippen LogP contribution < -0.4 is 0 Å². The van der Waals surface area contributed by atoms with Crippen molar-refractivity contribution < 1.29 is 5.11 Å². The first-order valence-corrected chi connectivity index (χ1v) is 4.31. The van der Waals surface area contributed by atoms with E-state index in [1.165, 1.54) is 0 Å². The summed E-state index contributed by atoms with van der Waals surface area (Å²) in [5.41, 5.74) is 1.78. The van der Waals surface area contributed by atoms with Crippen molar-refractivity contribution in [2.24, 2.45) is 0 Å². The Morgan fingerprint density at radius 3 is 2.77 bits per heavy atom. The van der Waals surface area contributed by atoms with Crippen molar-refractivity contribution in [1.82, 2.24) is 4.98 Å². The molecule has 2 heteroatoms. The lowest BCUT2D eigenvalue weighted by Gasteiger charge is -2.07. The van der Waals surface area contributed by atoms with E-state index in [-0.39, 0.29) is 0 Å². The summed E-state index contributed by atoms with van der Waals surface area (Å²) in [6.45, 7) is 1.75. The first kappa shape index (κ1) is 8.20. The van der Waals surface area contributed by atoms with Gasteiger partial charge >= 0.3 is 0 Å². The van der Waals surface area contributed by atoms with Crippen molar-refractivity contribution in [2.75, 3.05) is 0 Å². The highest BCUT2D eigenvalue weighted by molar-refractivity contribution is 5.81. The second kappa shape index (κ2) is 3.15. The fourth-order valence-electron chi connectivity index (χ4n) is 1.46. The minimum atomic E-state index is -0.460. The summed E-state index contributed by atoms with van der Waals surface area (Å²) < 4.78 is 0. The summed E-state index contributed by atoms with van der Waals surface area (Å²) >= 11 is 0. The SMILES string of the molecule is C[C@@H](O)c1cccc2cccnc12. The smallest absolute Gasteiger partial charge is 0.0783 e. The van der Waals surface area contributed by atoms with Crippen LogP contribution in [0.1, 0.15) is 18.6 Å². The van der Waals surface area contributed by atoms with Crippen molar-refractivity contribution in [2.45, 2.75) is 13.0 Å². The normalized spacial score (nSPS) is 13.1. The number of hydrogen-bond donors (Lipinski definition) is 1. The van der Waals surface area contributed by atoms with Crippen LogP contribution >= 0.6 is 0 Å². The highest BCUT2D eigenvalue weighted by atomic mass is 16.3. The van der Waals surface area contributed by atoms with Crippen molar-refractivity contribution in [3.8, 4) is 0 Å². The topological polar surface area (TPSA) is 33.1 Å². The number of benzene rings is 1. The number of aromatic nitrogens is 1. The largest absolute Gasteiger partial charge is 0.389 e. The molecule has 1 aromatic heterocycles. The number of pyridine rings is 1. The van der Waals surface area contributed by atoms with Gasteiger partial charge in [0.1, 0.15) is 0 Å². The van der Waals surface area contributed by atoms with Gasteiger partial charge in [-0.1, -0.05) is 24.3 Å². The summed E-state index contributed by atoms with van der Waals surface area (Å²) in [6.07, 6.45) is 1.28. The predicted molar refractivity (Wildman–Crippen MR) is 52.4 cm³/mol. The van der Waals surface area contributed by atoms with Gasteiger partial charge in [0.2, 0.25) is 0 Å². The van der Waals surface area contributed by atoms with E-state index in [0.717, 1.165) is 16.5 Å². The van der Waals surface area contributed by atoms with Crippen LogP contribution in [0.5, 0.6) is 0 Å². The maximum absolute atomic E-state index is 9.48. The quantitative estimate of drug-likeness (QED) is 0.717. The molecule has 0 bridgehead atoms. The number of rotatable bonds is 1. The predicted octanol–water partition coefficient (Wildman–Crippen LogP) is 2.29. The van der Waals surface area contributed by atoms with Crippen LogP contribution in [0.15, 0.2) is 36.5 Å². The maximum atomic E-state index is 9.48. The van der Waals surface area contributed by atoms with Gasteiger partial charge in [-0.05, 0) is 13.0 Å². The highest BCUT2D eigenvalue weighted by Gasteiger charge is 2.05. The Morgan fingerprint density at radius 1 is 1.23 bits per heavy atom. The highest BCUT2D eigenvalue weighted by Crippen LogP contribution is 2.21. The molecular weight excluding hydrogens is 162 g/mol. The molecule has 0 saturated heterocycles. The minimum Gasteiger partial charge on any atom is -0.389 e. The molecule has 1 atom stereocenters. The lowest BCUT2D eigenvalue weighted by molar-refractivity contribution is 0.200. The second-order valence-corrected chi connectivity index (χ2v) is 3.10. The third-order valence-electron chi connectivity index (χ3n) is 2.11. The molecule has 0 aliphatic heterocycles. The number of aliphatic hydroxyl groups is 1. The number of nitrogens with zero attached hydrogens (tertiary/aromatic N) is 1. The molecule has 0 saturated carbocycles. The van der Waals surface area contributed by atoms with Gasteiger partial charge in [0, 0.05) is 17.1 Å². The zero-order valence-corrected chi connectivity index (χ0v) is 7.44. The van der Waals surface area contributed by atoms with Crippen LogP contribution in [0.25, 0.3) is 10.9 Å². The molecule has 0 spiro atoms. The summed E-state index contributed by atoms with van der Waals surface area (Å²) in [4.78, 5) is 4.24. The molecule has 0 aliphatic carbocycles. The fourth-order valence-corrected chi connectivity index (χ4v) is 1.46. The van der Waals surface area contributed by atoms with Gasteiger partial charge in [-0.25, -0.2) is 0 Å². The van der Waals surface area contributed by atoms with Gasteiger partial charge in [0.05, 0.1) is 11.6 Å². The number of hydrogen-bond acceptors (Lipinski definition) is 2. The summed E-state index contributed by atoms with van der Waals surface area (Å²) in [5, 5.41) is 10.6. The van der Waals surface area contributed by atoms with E-state index in [1.807, 2.05) is 30.3 Å². The van der Waals surface area contributed by atoms with Crippen LogP contribution in [-0.4, -0.2) is 10.1 Å². The Kier molecular flexibility index (Phi) is 1.99. The van der Waals surface area contributed by atoms with Crippen LogP contribution in [0, 0.1) is 0 Å². The van der Waals surface area contributed by atoms with Crippen LogP contribution in [0.2, 0.25) is 0 Å². The average molecular weight is 173 g/mol. The number of aliphatic hydroxyl groups excluding tert-OH is 1. The molecule has 13 heavy (non-hydrogen) atoms. The van der Waals surface area contributed by atoms with Crippen LogP contribution in [-0.2, 0) is 0 Å². The molecule has 0 amide bonds. The fraction of sp³-hybridized carbons (Fsp3) is 0.182. The summed E-state index contributed by atoms with van der Waals surface area (Å²) in [7, 11) is 0. The van der Waals surface area contributed by atoms with Crippen molar-refractivity contribution in [1.29, 1.82) is 0 Å². The average Bonchev–Trinajstić information content (AvgIpc) is 2.17. The van der Waals surface area contributed by atoms with Crippen molar-refractivity contribution in [3.63, 3.8) is 0 Å². The van der Waals surface area contributed by atoms with Gasteiger partial charge in [-0.2, -0.15) is 0 Å². The van der Waals surface area contributed by atoms with Gasteiger partial charge in [0.15, 0.2) is 0 Å². The Hall–Kier alpha value is -1.41. The zero-order chi connectivity index (χ0) is 9.26. The lowest BCUT2D eigenvalue weighted by atomic mass is 10.1. The Morgan fingerprint density at radius 2 is 2.00 bits per heavy atom. The monoisotopic (exact) mass is 173 g/mol. The van der Waals surface area contributed by atoms with Crippen molar-refractivity contribution in [3.05, 3.63) is 42.1 Å². The van der Waals surface area contributed by atoms with E-state index in [1.54, 1.807) is 13.1 Å². The molecule has 1 aromatic carbocycles. The van der Waals surface area contributed by atoms with E-state index in [4.69, 9.17) is 0 Å². The molecule has 0 fully saturated rings. The van der Waals surface area contributed by atoms with Gasteiger partial charge < -0.3 is 5.11 Å². The van der Waals surface area contributed by atoms with Gasteiger partial charge in [-0.3, -0.25) is 4.98 Å². The van der Waals surface area contributed by atoms with E-state index in [2.05, 4.69) is 4.98 Å². The standard InChI is InChI=1S/C11H11NO/c1-8(13)10-6-2-4-9-5-3-7-12-11(9)10/h2-8,13H,1H3/t8-/m1/s1. The summed E-state index contributed by atoms with van der Waals surface area (Å²) in [5.74, 6) is 0. The number of para-hydroxylation sites is 1. The van der Waals surface area contributed by atoms with Crippen LogP contribution in [0.3, 0.4) is 0 Å². The first-order chi connectivity index (χ1) is 6.29. The van der Waals surface area contributed by atoms with E-state index in [0.29, 0.717) is 0 Å². The third kappa shape index (κ3) is 1.40. The third-order valence-corrected chi connectivity index (χ3v) is 2.11. The molecule has 1 N–H and O–H groups in total. The Labute approximate surface area is 76.9 Å². The van der Waals surface area contributed by atoms with E-state index in [9.17, 15) is 5.11 Å². The molecule has 0 radical (unpaired) electrons. The van der Waals surface area contributed by atoms with Gasteiger partial charge in [-0.15, -0.1) is 0 Å². The minimum absolute atomic E-state index is 0.460. The Balaban J connectivity index is 2.76. The molecule has 0 unspecified atom stereocenters. The molecule has 0 aliphatic rings. The van der Waals surface area contributed by atoms with E-state index >= 15 is 0 Å². The molecule has 2 nitrogen and oxygen atoms in total. The van der Waals surface area contributed by atoms with E-state index < -0.39 is 6.10 Å². The van der Waals surface area contributed by atoms with Gasteiger partial charge in [0.25, 0.3) is 0 Å². The van der Waals surface area contributed by atoms with Crippen molar-refractivity contribution >= 4 is 10.9 Å². The molecule has 2 rings (SSSR count). The number of fused-ring (bicyclic) bond motifs is 1. The molecule has 66 valence electrons. The second-order valence-electron chi connectivity index (χ2n) is 3.10. The lowest BCUT2D eigenvalue weighted by Crippen LogP contribution is -1.93. The zero-order valence-electron chi connectivity index (χ0n) is 7.44. The first-order valence-electron chi connectivity index (χ1n) is 4.31. The molecule has 1 heterocycles. The maximum Gasteiger partial charge on any atom is 0.0783 e. The Bertz CT molecular complexity index is 418. The van der Waals surface area contributed by atoms with Crippen LogP contribution in [0.4, 0.5) is 0 Å².